The van der Waals surface area contributed by atoms with Gasteiger partial charge in [0.2, 0.25) is 0 Å². The number of hydrogen-bond donors (Lipinski definition) is 1. The summed E-state index contributed by atoms with van der Waals surface area (Å²) < 4.78 is 10.7. The molecule has 4 nitrogen and oxygen atoms in total. The maximum absolute atomic E-state index is 5.43. The van der Waals surface area contributed by atoms with E-state index in [1.165, 1.54) is 5.56 Å². The number of pyridine rings is 1. The number of aromatic nitrogens is 1. The van der Waals surface area contributed by atoms with Crippen LogP contribution in [0.2, 0.25) is 0 Å². The summed E-state index contributed by atoms with van der Waals surface area (Å²) in [7, 11) is 3.36. The van der Waals surface area contributed by atoms with Gasteiger partial charge in [0.25, 0.3) is 0 Å². The molecule has 21 heavy (non-hydrogen) atoms. The van der Waals surface area contributed by atoms with E-state index in [1.807, 2.05) is 24.3 Å². The van der Waals surface area contributed by atoms with Crippen LogP contribution in [0.25, 0.3) is 0 Å². The minimum atomic E-state index is 0.109. The molecule has 1 N–H and O–H groups in total. The molecule has 0 amide bonds. The van der Waals surface area contributed by atoms with Gasteiger partial charge in [-0.05, 0) is 42.8 Å². The first-order valence-electron chi connectivity index (χ1n) is 7.13. The smallest absolute Gasteiger partial charge is 0.141 e. The monoisotopic (exact) mass is 286 g/mol. The molecule has 112 valence electrons. The maximum Gasteiger partial charge on any atom is 0.141 e. The predicted molar refractivity (Wildman–Crippen MR) is 83.9 cm³/mol. The van der Waals surface area contributed by atoms with Gasteiger partial charge in [0, 0.05) is 6.20 Å². The van der Waals surface area contributed by atoms with E-state index in [2.05, 4.69) is 29.4 Å². The zero-order valence-electron chi connectivity index (χ0n) is 12.8. The van der Waals surface area contributed by atoms with Gasteiger partial charge >= 0.3 is 0 Å². The van der Waals surface area contributed by atoms with Crippen LogP contribution in [0.4, 0.5) is 0 Å². The number of rotatable bonds is 7. The molecular formula is C17H22N2O2. The van der Waals surface area contributed by atoms with Crippen LogP contribution in [0.1, 0.15) is 24.2 Å². The maximum atomic E-state index is 5.43. The Hall–Kier alpha value is -2.07. The van der Waals surface area contributed by atoms with Crippen molar-refractivity contribution >= 4 is 0 Å². The lowest BCUT2D eigenvalue weighted by molar-refractivity contribution is 0.393. The topological polar surface area (TPSA) is 43.4 Å². The molecule has 0 bridgehead atoms. The number of ether oxygens (including phenoxy) is 2. The zero-order valence-corrected chi connectivity index (χ0v) is 12.8. The summed E-state index contributed by atoms with van der Waals surface area (Å²) in [6, 6.07) is 12.1. The van der Waals surface area contributed by atoms with E-state index in [-0.39, 0.29) is 6.04 Å². The Morgan fingerprint density at radius 1 is 1.14 bits per heavy atom. The number of nitrogens with zero attached hydrogens (tertiary/aromatic N) is 1. The van der Waals surface area contributed by atoms with Crippen molar-refractivity contribution in [3.63, 3.8) is 0 Å². The molecule has 0 aliphatic rings. The second kappa shape index (κ2) is 7.64. The third-order valence-electron chi connectivity index (χ3n) is 3.37. The second-order valence-electron chi connectivity index (χ2n) is 4.76. The normalized spacial score (nSPS) is 12.0. The number of likely N-dealkylation sites (N-methyl/N-ethyl adjacent to an activating group) is 1. The van der Waals surface area contributed by atoms with Crippen molar-refractivity contribution in [3.05, 3.63) is 53.9 Å². The molecule has 1 atom stereocenters. The lowest BCUT2D eigenvalue weighted by Gasteiger charge is -2.20. The molecule has 0 aliphatic carbocycles. The van der Waals surface area contributed by atoms with E-state index in [4.69, 9.17) is 9.47 Å². The van der Waals surface area contributed by atoms with Crippen LogP contribution >= 0.6 is 0 Å². The lowest BCUT2D eigenvalue weighted by atomic mass is 10.0. The Labute approximate surface area is 126 Å². The van der Waals surface area contributed by atoms with E-state index in [0.29, 0.717) is 0 Å². The van der Waals surface area contributed by atoms with E-state index < -0.39 is 0 Å². The molecule has 0 spiro atoms. The molecule has 2 rings (SSSR count). The SMILES string of the molecule is CCNC(Cc1cccc(OC)c1)c1ncccc1OC. The van der Waals surface area contributed by atoms with Crippen molar-refractivity contribution in [1.82, 2.24) is 10.3 Å². The molecule has 0 saturated carbocycles. The van der Waals surface area contributed by atoms with Gasteiger partial charge in [-0.3, -0.25) is 4.98 Å². The quantitative estimate of drug-likeness (QED) is 0.849. The van der Waals surface area contributed by atoms with E-state index in [0.717, 1.165) is 30.2 Å². The van der Waals surface area contributed by atoms with Gasteiger partial charge in [-0.15, -0.1) is 0 Å². The van der Waals surface area contributed by atoms with Crippen molar-refractivity contribution in [2.75, 3.05) is 20.8 Å². The zero-order chi connectivity index (χ0) is 15.1. The highest BCUT2D eigenvalue weighted by Crippen LogP contribution is 2.26. The number of hydrogen-bond acceptors (Lipinski definition) is 4. The number of benzene rings is 1. The third-order valence-corrected chi connectivity index (χ3v) is 3.37. The molecular weight excluding hydrogens is 264 g/mol. The minimum absolute atomic E-state index is 0.109. The summed E-state index contributed by atoms with van der Waals surface area (Å²) in [5, 5.41) is 3.48. The molecule has 1 unspecified atom stereocenters. The van der Waals surface area contributed by atoms with Crippen molar-refractivity contribution in [3.8, 4) is 11.5 Å². The van der Waals surface area contributed by atoms with E-state index >= 15 is 0 Å². The van der Waals surface area contributed by atoms with Crippen LogP contribution in [0.15, 0.2) is 42.6 Å². The molecule has 4 heteroatoms. The Kier molecular flexibility index (Phi) is 5.58. The molecule has 0 aliphatic heterocycles. The highest BCUT2D eigenvalue weighted by molar-refractivity contribution is 5.33. The molecule has 1 aromatic carbocycles. The first kappa shape index (κ1) is 15.3. The second-order valence-corrected chi connectivity index (χ2v) is 4.76. The lowest BCUT2D eigenvalue weighted by Crippen LogP contribution is -2.24. The van der Waals surface area contributed by atoms with Crippen molar-refractivity contribution in [1.29, 1.82) is 0 Å². The van der Waals surface area contributed by atoms with Crippen LogP contribution in [0, 0.1) is 0 Å². The largest absolute Gasteiger partial charge is 0.497 e. The minimum Gasteiger partial charge on any atom is -0.497 e. The van der Waals surface area contributed by atoms with Gasteiger partial charge in [0.05, 0.1) is 26.0 Å². The van der Waals surface area contributed by atoms with Crippen LogP contribution in [0.3, 0.4) is 0 Å². The predicted octanol–water partition coefficient (Wildman–Crippen LogP) is 2.99. The standard InChI is InChI=1S/C17H22N2O2/c1-4-18-15(17-16(21-3)9-6-10-19-17)12-13-7-5-8-14(11-13)20-2/h5-11,15,18H,4,12H2,1-3H3. The van der Waals surface area contributed by atoms with Gasteiger partial charge in [-0.2, -0.15) is 0 Å². The average molecular weight is 286 g/mol. The first-order chi connectivity index (χ1) is 10.3. The van der Waals surface area contributed by atoms with E-state index in [9.17, 15) is 0 Å². The van der Waals surface area contributed by atoms with Crippen molar-refractivity contribution in [2.24, 2.45) is 0 Å². The van der Waals surface area contributed by atoms with Crippen molar-refractivity contribution < 1.29 is 9.47 Å². The summed E-state index contributed by atoms with van der Waals surface area (Å²) in [6.45, 7) is 2.96. The summed E-state index contributed by atoms with van der Waals surface area (Å²) >= 11 is 0. The Morgan fingerprint density at radius 3 is 2.71 bits per heavy atom. The van der Waals surface area contributed by atoms with Crippen LogP contribution in [-0.2, 0) is 6.42 Å². The van der Waals surface area contributed by atoms with Crippen molar-refractivity contribution in [2.45, 2.75) is 19.4 Å². The van der Waals surface area contributed by atoms with Gasteiger partial charge in [0.15, 0.2) is 0 Å². The van der Waals surface area contributed by atoms with Gasteiger partial charge in [0.1, 0.15) is 11.5 Å². The first-order valence-corrected chi connectivity index (χ1v) is 7.13. The fraction of sp³-hybridized carbons (Fsp3) is 0.353. The number of nitrogens with one attached hydrogen (secondary N) is 1. The summed E-state index contributed by atoms with van der Waals surface area (Å²) in [6.07, 6.45) is 2.63. The molecule has 2 aromatic rings. The number of methoxy groups -OCH3 is 2. The summed E-state index contributed by atoms with van der Waals surface area (Å²) in [4.78, 5) is 4.49. The molecule has 1 heterocycles. The highest BCUT2D eigenvalue weighted by Gasteiger charge is 2.17. The Morgan fingerprint density at radius 2 is 2.00 bits per heavy atom. The molecule has 0 fully saturated rings. The van der Waals surface area contributed by atoms with Crippen LogP contribution in [0.5, 0.6) is 11.5 Å². The van der Waals surface area contributed by atoms with Crippen LogP contribution < -0.4 is 14.8 Å². The van der Waals surface area contributed by atoms with Gasteiger partial charge in [-0.1, -0.05) is 19.1 Å². The highest BCUT2D eigenvalue weighted by atomic mass is 16.5. The van der Waals surface area contributed by atoms with E-state index in [1.54, 1.807) is 20.4 Å². The third kappa shape index (κ3) is 3.95. The Balaban J connectivity index is 2.26. The Bertz CT molecular complexity index is 572. The fourth-order valence-electron chi connectivity index (χ4n) is 2.38. The fourth-order valence-corrected chi connectivity index (χ4v) is 2.38. The molecule has 0 saturated heterocycles. The summed E-state index contributed by atoms with van der Waals surface area (Å²) in [5.74, 6) is 1.68. The van der Waals surface area contributed by atoms with Crippen LogP contribution in [-0.4, -0.2) is 25.7 Å². The molecule has 1 aromatic heterocycles. The summed E-state index contributed by atoms with van der Waals surface area (Å²) in [5.41, 5.74) is 2.14. The molecule has 0 radical (unpaired) electrons. The van der Waals surface area contributed by atoms with Gasteiger partial charge < -0.3 is 14.8 Å². The van der Waals surface area contributed by atoms with Gasteiger partial charge in [-0.25, -0.2) is 0 Å². The average Bonchev–Trinajstić information content (AvgIpc) is 2.54.